The number of aromatic nitrogens is 2. The summed E-state index contributed by atoms with van der Waals surface area (Å²) >= 11 is 3.33. The number of ether oxygens (including phenoxy) is 3. The molecule has 0 spiro atoms. The number of rotatable bonds is 14. The lowest BCUT2D eigenvalue weighted by molar-refractivity contribution is -0.153. The maximum absolute atomic E-state index is 15.2. The number of para-hydroxylation sites is 1. The van der Waals surface area contributed by atoms with E-state index in [4.69, 9.17) is 19.2 Å². The molecule has 4 heterocycles. The van der Waals surface area contributed by atoms with Crippen LogP contribution in [0.1, 0.15) is 122 Å². The number of thioether (sulfide) groups is 1. The Morgan fingerprint density at radius 1 is 1.05 bits per heavy atom. The van der Waals surface area contributed by atoms with Crippen LogP contribution < -0.4 is 14.2 Å². The van der Waals surface area contributed by atoms with E-state index in [9.17, 15) is 22.8 Å². The first kappa shape index (κ1) is 46.1. The van der Waals surface area contributed by atoms with E-state index < -0.39 is 50.1 Å². The van der Waals surface area contributed by atoms with Crippen LogP contribution in [-0.2, 0) is 40.4 Å². The highest BCUT2D eigenvalue weighted by atomic mass is 32.2. The van der Waals surface area contributed by atoms with Crippen molar-refractivity contribution in [3.05, 3.63) is 54.1 Å². The number of carbonyl (C=O) groups is 4. The first-order valence-electron chi connectivity index (χ1n) is 23.8. The number of sulfonamides is 1. The van der Waals surface area contributed by atoms with E-state index in [2.05, 4.69) is 16.3 Å². The molecule has 4 aliphatic carbocycles. The second-order valence-corrected chi connectivity index (χ2v) is 24.1. The van der Waals surface area contributed by atoms with Crippen LogP contribution in [-0.4, -0.2) is 88.8 Å². The third-order valence-corrected chi connectivity index (χ3v) is 19.2. The van der Waals surface area contributed by atoms with Crippen molar-refractivity contribution in [2.75, 3.05) is 18.9 Å². The number of carbonyl (C=O) groups excluding carboxylic acids is 4. The summed E-state index contributed by atoms with van der Waals surface area (Å²) in [6.45, 7) is 6.08. The summed E-state index contributed by atoms with van der Waals surface area (Å²) in [5.74, 6) is -0.529. The maximum Gasteiger partial charge on any atom is 0.306 e. The third-order valence-electron chi connectivity index (χ3n) is 15.0. The number of fused-ring (bicyclic) bond motifs is 5. The molecule has 1 saturated heterocycles. The highest BCUT2D eigenvalue weighted by molar-refractivity contribution is 8.01. The van der Waals surface area contributed by atoms with Crippen molar-refractivity contribution in [3.8, 4) is 11.6 Å². The Bertz CT molecular complexity index is 2380. The van der Waals surface area contributed by atoms with E-state index in [0.29, 0.717) is 43.2 Å². The van der Waals surface area contributed by atoms with Crippen LogP contribution in [0, 0.1) is 29.1 Å². The van der Waals surface area contributed by atoms with Crippen molar-refractivity contribution in [1.29, 1.82) is 0 Å². The fourth-order valence-corrected chi connectivity index (χ4v) is 13.5. The minimum atomic E-state index is -3.96. The lowest BCUT2D eigenvalue weighted by atomic mass is 9.77. The first-order valence-corrected chi connectivity index (χ1v) is 27.2. The van der Waals surface area contributed by atoms with Crippen LogP contribution in [0.5, 0.6) is 11.6 Å². The van der Waals surface area contributed by atoms with E-state index in [1.165, 1.54) is 0 Å². The summed E-state index contributed by atoms with van der Waals surface area (Å²) in [6.07, 6.45) is 14.2. The van der Waals surface area contributed by atoms with Crippen molar-refractivity contribution in [1.82, 2.24) is 19.6 Å². The minimum Gasteiger partial charge on any atom is -0.492 e. The minimum absolute atomic E-state index is 0.0479. The Morgan fingerprint density at radius 3 is 2.55 bits per heavy atom. The lowest BCUT2D eigenvalue weighted by Gasteiger charge is -2.34. The van der Waals surface area contributed by atoms with Crippen molar-refractivity contribution in [3.63, 3.8) is 0 Å². The van der Waals surface area contributed by atoms with Gasteiger partial charge in [-0.15, -0.1) is 17.9 Å². The normalized spacial score (nSPS) is 29.3. The van der Waals surface area contributed by atoms with Crippen molar-refractivity contribution in [2.24, 2.45) is 29.1 Å². The van der Waals surface area contributed by atoms with Gasteiger partial charge < -0.3 is 19.1 Å². The number of ketones is 1. The number of nitrogens with zero attached hydrogens (tertiary/aromatic N) is 3. The molecule has 1 N–H and O–H groups in total. The number of amides is 2. The number of thiazole rings is 1. The van der Waals surface area contributed by atoms with Gasteiger partial charge in [0.15, 0.2) is 5.78 Å². The largest absolute Gasteiger partial charge is 0.492 e. The van der Waals surface area contributed by atoms with Gasteiger partial charge in [-0.3, -0.25) is 23.9 Å². The first-order chi connectivity index (χ1) is 31.4. The Hall–Kier alpha value is -4.02. The van der Waals surface area contributed by atoms with Crippen LogP contribution in [0.15, 0.2) is 52.8 Å². The van der Waals surface area contributed by atoms with Gasteiger partial charge in [0, 0.05) is 35.6 Å². The van der Waals surface area contributed by atoms with Gasteiger partial charge in [0.05, 0.1) is 52.8 Å². The molecule has 9 rings (SSSR count). The molecule has 4 saturated carbocycles. The molecule has 350 valence electrons. The number of nitrogens with one attached hydrogen (secondary N) is 1. The van der Waals surface area contributed by atoms with Crippen LogP contribution in [0.2, 0.25) is 0 Å². The van der Waals surface area contributed by atoms with E-state index in [1.807, 2.05) is 35.8 Å². The van der Waals surface area contributed by atoms with Gasteiger partial charge in [0.2, 0.25) is 27.7 Å². The second-order valence-electron chi connectivity index (χ2n) is 19.6. The molecule has 6 aliphatic rings. The highest BCUT2D eigenvalue weighted by Crippen LogP contribution is 2.57. The molecule has 16 heteroatoms. The predicted octanol–water partition coefficient (Wildman–Crippen LogP) is 8.39. The van der Waals surface area contributed by atoms with Crippen LogP contribution in [0.3, 0.4) is 0 Å². The molecule has 2 aromatic heterocycles. The van der Waals surface area contributed by atoms with Gasteiger partial charge in [-0.25, -0.2) is 18.4 Å². The van der Waals surface area contributed by atoms with Gasteiger partial charge in [-0.05, 0) is 101 Å². The van der Waals surface area contributed by atoms with Gasteiger partial charge in [-0.1, -0.05) is 62.1 Å². The molecule has 2 bridgehead atoms. The average Bonchev–Trinajstić information content (AvgIpc) is 4.24. The number of pyridine rings is 1. The van der Waals surface area contributed by atoms with E-state index >= 15 is 4.79 Å². The molecular weight excluding hydrogens is 885 g/mol. The zero-order valence-electron chi connectivity index (χ0n) is 37.4. The van der Waals surface area contributed by atoms with E-state index in [0.717, 1.165) is 97.4 Å². The number of hydrogen-bond acceptors (Lipinski definition) is 13. The monoisotopic (exact) mass is 946 g/mol. The molecule has 5 fully saturated rings. The maximum atomic E-state index is 15.2. The zero-order chi connectivity index (χ0) is 45.3. The summed E-state index contributed by atoms with van der Waals surface area (Å²) < 4.78 is 48.5. The average molecular weight is 947 g/mol. The van der Waals surface area contributed by atoms with Crippen LogP contribution in [0.25, 0.3) is 10.9 Å². The SMILES string of the molecule is C=C[C@@H]1C[C@]1(CC(=O)[C@@H]1C[C@@H]2CN1C(=O)[C@H](C1CCCCC1)CC(=O)O[C@@H]1C[C@H]1CCCCCc1c(nc3ccccc3c1OCCCSc1nccs1)O2)C(=O)NS(=O)(=O)C1(C)CC1. The number of allylic oxidation sites excluding steroid dienone is 1. The molecule has 13 nitrogen and oxygen atoms in total. The predicted molar refractivity (Wildman–Crippen MR) is 249 cm³/mol. The fourth-order valence-electron chi connectivity index (χ4n) is 10.5. The molecule has 65 heavy (non-hydrogen) atoms. The van der Waals surface area contributed by atoms with Gasteiger partial charge >= 0.3 is 5.97 Å². The topological polar surface area (TPSA) is 171 Å². The van der Waals surface area contributed by atoms with Crippen molar-refractivity contribution in [2.45, 2.75) is 150 Å². The summed E-state index contributed by atoms with van der Waals surface area (Å²) in [7, 11) is -3.96. The van der Waals surface area contributed by atoms with Crippen molar-refractivity contribution < 1.29 is 41.8 Å². The molecule has 0 radical (unpaired) electrons. The van der Waals surface area contributed by atoms with Gasteiger partial charge in [0.1, 0.15) is 22.3 Å². The quantitative estimate of drug-likeness (QED) is 0.0710. The number of Topliss-reactive ketones (excluding diaryl/α,β-unsaturated/α-hetero) is 1. The molecule has 2 amide bonds. The third kappa shape index (κ3) is 10.1. The summed E-state index contributed by atoms with van der Waals surface area (Å²) in [4.78, 5) is 68.9. The molecular formula is C49H62N4O9S3. The van der Waals surface area contributed by atoms with E-state index in [-0.39, 0.29) is 61.9 Å². The summed E-state index contributed by atoms with van der Waals surface area (Å²) in [6, 6.07) is 6.89. The molecule has 1 aromatic carbocycles. The Morgan fingerprint density at radius 2 is 1.82 bits per heavy atom. The zero-order valence-corrected chi connectivity index (χ0v) is 39.8. The molecule has 2 aliphatic heterocycles. The molecule has 7 atom stereocenters. The lowest BCUT2D eigenvalue weighted by Crippen LogP contribution is -2.48. The molecule has 3 aromatic rings. The summed E-state index contributed by atoms with van der Waals surface area (Å²) in [5.41, 5.74) is 0.265. The number of esters is 1. The van der Waals surface area contributed by atoms with Gasteiger partial charge in [-0.2, -0.15) is 0 Å². The summed E-state index contributed by atoms with van der Waals surface area (Å²) in [5, 5.41) is 2.86. The Kier molecular flexibility index (Phi) is 13.7. The standard InChI is InChI=1S/C49H62N4O9S3/c1-3-33-28-49(33,46(57)52-65(58,59)48(2)19-20-48)29-40(54)39-26-34-30-53(39)45(56)37(31-13-6-4-7-14-31)27-42(55)62-41-25-32(41)15-8-5-9-17-36-43(60-22-12-23-63-47-50-21-24-64-47)35-16-10-11-18-38(35)51-44(36)61-34/h3,10-11,16,18,21,24,31-34,37,39,41H,1,4-9,12-15,17,19-20,22-23,25-30H2,2H3,(H,52,57)/t32-,33-,34-,37+,39+,41-,49-/m1/s1. The Balaban J connectivity index is 1.04. The Labute approximate surface area is 390 Å². The van der Waals surface area contributed by atoms with Gasteiger partial charge in [0.25, 0.3) is 0 Å². The van der Waals surface area contributed by atoms with E-state index in [1.54, 1.807) is 41.0 Å². The number of hydrogen-bond donors (Lipinski definition) is 1. The van der Waals surface area contributed by atoms with Crippen LogP contribution >= 0.6 is 23.1 Å². The van der Waals surface area contributed by atoms with Crippen LogP contribution in [0.4, 0.5) is 0 Å². The fraction of sp³-hybridized carbons (Fsp3) is 0.633. The molecule has 0 unspecified atom stereocenters. The smallest absolute Gasteiger partial charge is 0.306 e. The number of benzene rings is 1. The second kappa shape index (κ2) is 19.3. The highest BCUT2D eigenvalue weighted by Gasteiger charge is 2.62. The van der Waals surface area contributed by atoms with Crippen molar-refractivity contribution >= 4 is 67.6 Å².